The largest absolute Gasteiger partial charge is 0.234 e. The maximum absolute atomic E-state index is 9.70. The molecule has 0 aliphatic rings. The van der Waals surface area contributed by atoms with Gasteiger partial charge < -0.3 is 0 Å². The van der Waals surface area contributed by atoms with E-state index in [0.29, 0.717) is 6.54 Å². The summed E-state index contributed by atoms with van der Waals surface area (Å²) in [4.78, 5) is 13.2. The zero-order chi connectivity index (χ0) is 8.74. The van der Waals surface area contributed by atoms with Gasteiger partial charge in [-0.3, -0.25) is 0 Å². The Morgan fingerprint density at radius 3 is 2.73 bits per heavy atom. The van der Waals surface area contributed by atoms with Gasteiger partial charge in [-0.05, 0) is 6.42 Å². The molecule has 0 saturated carbocycles. The molecule has 2 nitrogen and oxygen atoms in total. The number of carbonyl (C=O) groups excluding carboxylic acids is 1. The molecule has 0 aromatic carbocycles. The van der Waals surface area contributed by atoms with Crippen molar-refractivity contribution in [2.24, 2.45) is 4.99 Å². The third-order valence-electron chi connectivity index (χ3n) is 1.71. The van der Waals surface area contributed by atoms with Gasteiger partial charge in [0.05, 0.1) is 14.6 Å². The van der Waals surface area contributed by atoms with E-state index in [9.17, 15) is 4.79 Å². The molecule has 3 heteroatoms. The summed E-state index contributed by atoms with van der Waals surface area (Å²) in [5.74, 6) is 0. The van der Waals surface area contributed by atoms with Crippen molar-refractivity contribution in [3.05, 3.63) is 12.3 Å². The van der Waals surface area contributed by atoms with Gasteiger partial charge in [0.15, 0.2) is 0 Å². The summed E-state index contributed by atoms with van der Waals surface area (Å²) >= 11 is 0. The molecular formula is C8H15NOSi. The molecule has 0 saturated heterocycles. The van der Waals surface area contributed by atoms with E-state index in [4.69, 9.17) is 0 Å². The summed E-state index contributed by atoms with van der Waals surface area (Å²) in [6.45, 7) is 8.91. The fourth-order valence-electron chi connectivity index (χ4n) is 0.761. The Labute approximate surface area is 69.0 Å². The maximum atomic E-state index is 9.70. The highest BCUT2D eigenvalue weighted by atomic mass is 28.3. The van der Waals surface area contributed by atoms with Crippen LogP contribution in [-0.4, -0.2) is 20.7 Å². The number of hydrogen-bond donors (Lipinski definition) is 0. The summed E-state index contributed by atoms with van der Waals surface area (Å²) in [6, 6.07) is 1.15. The molecule has 62 valence electrons. The minimum Gasteiger partial charge on any atom is -0.211 e. The zero-order valence-corrected chi connectivity index (χ0v) is 8.26. The maximum Gasteiger partial charge on any atom is 0.234 e. The Morgan fingerprint density at radius 2 is 2.27 bits per heavy atom. The van der Waals surface area contributed by atoms with Crippen LogP contribution in [0.4, 0.5) is 0 Å². The van der Waals surface area contributed by atoms with Crippen molar-refractivity contribution < 1.29 is 4.79 Å². The Bertz CT molecular complexity index is 171. The van der Waals surface area contributed by atoms with Crippen LogP contribution >= 0.6 is 0 Å². The summed E-state index contributed by atoms with van der Waals surface area (Å²) < 4.78 is 0. The molecule has 0 aromatic heterocycles. The predicted molar refractivity (Wildman–Crippen MR) is 50.1 cm³/mol. The van der Waals surface area contributed by atoms with Crippen LogP contribution in [0, 0.1) is 0 Å². The molecular weight excluding hydrogens is 154 g/mol. The lowest BCUT2D eigenvalue weighted by Gasteiger charge is -2.15. The van der Waals surface area contributed by atoms with Crippen LogP contribution in [0.15, 0.2) is 17.3 Å². The van der Waals surface area contributed by atoms with Gasteiger partial charge >= 0.3 is 0 Å². The van der Waals surface area contributed by atoms with E-state index >= 15 is 0 Å². The first-order chi connectivity index (χ1) is 5.12. The molecule has 0 aliphatic carbocycles. The van der Waals surface area contributed by atoms with Crippen LogP contribution in [0.1, 0.15) is 6.42 Å². The lowest BCUT2D eigenvalue weighted by atomic mass is 10.5. The fraction of sp³-hybridized carbons (Fsp3) is 0.625. The first kappa shape index (κ1) is 10.3. The normalized spacial score (nSPS) is 10.4. The van der Waals surface area contributed by atoms with Crippen LogP contribution in [0.25, 0.3) is 0 Å². The predicted octanol–water partition coefficient (Wildman–Crippen LogP) is 2.15. The van der Waals surface area contributed by atoms with Crippen LogP contribution in [-0.2, 0) is 4.79 Å². The van der Waals surface area contributed by atoms with Crippen molar-refractivity contribution in [2.45, 2.75) is 25.6 Å². The molecule has 0 radical (unpaired) electrons. The molecule has 0 aliphatic heterocycles. The monoisotopic (exact) mass is 169 g/mol. The van der Waals surface area contributed by atoms with Gasteiger partial charge in [-0.1, -0.05) is 19.1 Å². The van der Waals surface area contributed by atoms with Gasteiger partial charge in [-0.2, -0.15) is 0 Å². The lowest BCUT2D eigenvalue weighted by molar-refractivity contribution is 0.562. The standard InChI is InChI=1S/C8H15NOSi/c1-4-11(2,3)7-5-6-9-8-10/h4H,1,5-7H2,2-3H3. The van der Waals surface area contributed by atoms with E-state index in [1.807, 2.05) is 0 Å². The van der Waals surface area contributed by atoms with E-state index in [0.717, 1.165) is 12.5 Å². The van der Waals surface area contributed by atoms with Crippen molar-refractivity contribution in [3.8, 4) is 0 Å². The molecule has 0 unspecified atom stereocenters. The Kier molecular flexibility index (Phi) is 4.74. The second-order valence-electron chi connectivity index (χ2n) is 3.27. The SMILES string of the molecule is C=C[Si](C)(C)CCCN=C=O. The van der Waals surface area contributed by atoms with Gasteiger partial charge in [-0.25, -0.2) is 9.79 Å². The van der Waals surface area contributed by atoms with Crippen molar-refractivity contribution in [3.63, 3.8) is 0 Å². The van der Waals surface area contributed by atoms with Gasteiger partial charge in [0.25, 0.3) is 0 Å². The van der Waals surface area contributed by atoms with E-state index in [1.165, 1.54) is 6.08 Å². The smallest absolute Gasteiger partial charge is 0.211 e. The Hall–Kier alpha value is -0.663. The van der Waals surface area contributed by atoms with Gasteiger partial charge in [0.2, 0.25) is 6.08 Å². The minimum absolute atomic E-state index is 0.619. The van der Waals surface area contributed by atoms with Crippen LogP contribution in [0.2, 0.25) is 19.1 Å². The van der Waals surface area contributed by atoms with Crippen molar-refractivity contribution in [1.29, 1.82) is 0 Å². The molecule has 0 aromatic rings. The summed E-state index contributed by atoms with van der Waals surface area (Å²) in [6.07, 6.45) is 2.52. The topological polar surface area (TPSA) is 29.4 Å². The van der Waals surface area contributed by atoms with Crippen molar-refractivity contribution in [2.75, 3.05) is 6.54 Å². The Balaban J connectivity index is 3.53. The molecule has 0 heterocycles. The van der Waals surface area contributed by atoms with Crippen LogP contribution in [0.5, 0.6) is 0 Å². The highest BCUT2D eigenvalue weighted by Crippen LogP contribution is 2.12. The number of nitrogens with zero attached hydrogens (tertiary/aromatic N) is 1. The second kappa shape index (κ2) is 5.05. The minimum atomic E-state index is -1.15. The third-order valence-corrected chi connectivity index (χ3v) is 4.46. The zero-order valence-electron chi connectivity index (χ0n) is 7.26. The van der Waals surface area contributed by atoms with Crippen molar-refractivity contribution in [1.82, 2.24) is 0 Å². The quantitative estimate of drug-likeness (QED) is 0.268. The molecule has 0 spiro atoms. The second-order valence-corrected chi connectivity index (χ2v) is 8.15. The molecule has 0 rings (SSSR count). The molecule has 11 heavy (non-hydrogen) atoms. The molecule has 0 atom stereocenters. The number of hydrogen-bond acceptors (Lipinski definition) is 2. The van der Waals surface area contributed by atoms with Gasteiger partial charge in [0.1, 0.15) is 0 Å². The summed E-state index contributed by atoms with van der Waals surface area (Å²) in [5, 5.41) is 0. The number of rotatable bonds is 5. The van der Waals surface area contributed by atoms with Crippen molar-refractivity contribution >= 4 is 14.2 Å². The van der Waals surface area contributed by atoms with E-state index in [-0.39, 0.29) is 0 Å². The van der Waals surface area contributed by atoms with Gasteiger partial charge in [0, 0.05) is 0 Å². The number of aliphatic imine (C=N–C) groups is 1. The summed E-state index contributed by atoms with van der Waals surface area (Å²) in [7, 11) is -1.15. The van der Waals surface area contributed by atoms with E-state index < -0.39 is 8.07 Å². The van der Waals surface area contributed by atoms with E-state index in [1.54, 1.807) is 0 Å². The molecule has 0 bridgehead atoms. The molecule has 0 amide bonds. The first-order valence-electron chi connectivity index (χ1n) is 3.79. The number of isocyanates is 1. The average Bonchev–Trinajstić information content (AvgIpc) is 1.99. The molecule has 0 fully saturated rings. The van der Waals surface area contributed by atoms with Crippen LogP contribution in [0.3, 0.4) is 0 Å². The fourth-order valence-corrected chi connectivity index (χ4v) is 2.03. The highest BCUT2D eigenvalue weighted by Gasteiger charge is 2.14. The van der Waals surface area contributed by atoms with E-state index in [2.05, 4.69) is 30.4 Å². The summed E-state index contributed by atoms with van der Waals surface area (Å²) in [5.41, 5.74) is 2.07. The third kappa shape index (κ3) is 5.77. The Morgan fingerprint density at radius 1 is 1.64 bits per heavy atom. The first-order valence-corrected chi connectivity index (χ1v) is 7.08. The van der Waals surface area contributed by atoms with Gasteiger partial charge in [-0.15, -0.1) is 12.3 Å². The highest BCUT2D eigenvalue weighted by molar-refractivity contribution is 6.82. The van der Waals surface area contributed by atoms with Crippen LogP contribution < -0.4 is 0 Å². The average molecular weight is 169 g/mol. The molecule has 0 N–H and O–H groups in total. The lowest BCUT2D eigenvalue weighted by Crippen LogP contribution is -2.21.